The highest BCUT2D eigenvalue weighted by molar-refractivity contribution is 5.85. The van der Waals surface area contributed by atoms with E-state index in [1.54, 1.807) is 32.4 Å². The van der Waals surface area contributed by atoms with Crippen LogP contribution in [0.2, 0.25) is 0 Å². The van der Waals surface area contributed by atoms with Crippen molar-refractivity contribution in [3.05, 3.63) is 59.4 Å². The van der Waals surface area contributed by atoms with E-state index < -0.39 is 5.41 Å². The summed E-state index contributed by atoms with van der Waals surface area (Å²) < 4.78 is 24.8. The second-order valence-corrected chi connectivity index (χ2v) is 7.20. The lowest BCUT2D eigenvalue weighted by Crippen LogP contribution is -2.62. The van der Waals surface area contributed by atoms with Crippen LogP contribution in [0.4, 0.5) is 4.39 Å². The largest absolute Gasteiger partial charge is 0.493 e. The molecule has 2 aromatic rings. The van der Waals surface area contributed by atoms with Gasteiger partial charge >= 0.3 is 0 Å². The van der Waals surface area contributed by atoms with E-state index in [-0.39, 0.29) is 17.8 Å². The lowest BCUT2D eigenvalue weighted by molar-refractivity contribution is -0.134. The van der Waals surface area contributed by atoms with Crippen LogP contribution in [0.15, 0.2) is 42.5 Å². The number of nitrogens with one attached hydrogen (secondary N) is 2. The van der Waals surface area contributed by atoms with Crippen molar-refractivity contribution < 1.29 is 18.7 Å². The minimum atomic E-state index is -0.633. The molecule has 150 valence electrons. The molecule has 0 aliphatic carbocycles. The predicted octanol–water partition coefficient (Wildman–Crippen LogP) is 3.24. The van der Waals surface area contributed by atoms with E-state index in [0.29, 0.717) is 36.6 Å². The Morgan fingerprint density at radius 1 is 1.18 bits per heavy atom. The van der Waals surface area contributed by atoms with Crippen LogP contribution >= 0.6 is 0 Å². The number of benzene rings is 2. The molecule has 1 unspecified atom stereocenters. The summed E-state index contributed by atoms with van der Waals surface area (Å²) >= 11 is 0. The number of methoxy groups -OCH3 is 2. The first-order valence-electron chi connectivity index (χ1n) is 9.50. The predicted molar refractivity (Wildman–Crippen MR) is 106 cm³/mol. The van der Waals surface area contributed by atoms with Crippen LogP contribution in [0.25, 0.3) is 0 Å². The van der Waals surface area contributed by atoms with Gasteiger partial charge in [-0.2, -0.15) is 0 Å². The van der Waals surface area contributed by atoms with Gasteiger partial charge in [0.2, 0.25) is 5.91 Å². The number of amides is 1. The molecule has 2 aromatic carbocycles. The number of carbonyl (C=O) groups excluding carboxylic acids is 1. The zero-order valence-electron chi connectivity index (χ0n) is 16.5. The fourth-order valence-corrected chi connectivity index (χ4v) is 3.60. The third kappa shape index (κ3) is 3.97. The smallest absolute Gasteiger partial charge is 0.229 e. The minimum Gasteiger partial charge on any atom is -0.493 e. The molecule has 0 radical (unpaired) electrons. The molecule has 1 amide bonds. The quantitative estimate of drug-likeness (QED) is 0.731. The Morgan fingerprint density at radius 2 is 1.89 bits per heavy atom. The highest BCUT2D eigenvalue weighted by atomic mass is 19.1. The van der Waals surface area contributed by atoms with Crippen LogP contribution < -0.4 is 20.1 Å². The topological polar surface area (TPSA) is 59.6 Å². The van der Waals surface area contributed by atoms with E-state index in [1.807, 2.05) is 25.1 Å². The van der Waals surface area contributed by atoms with Crippen LogP contribution in [-0.2, 0) is 11.2 Å². The lowest BCUT2D eigenvalue weighted by atomic mass is 9.75. The summed E-state index contributed by atoms with van der Waals surface area (Å²) in [5, 5.41) is 6.32. The Hall–Kier alpha value is -2.60. The SMILES string of the molecule is CCC(NC(=O)C1(Cc2ccccc2F)CNC1)c1ccc(OC)c(OC)c1. The molecule has 0 spiro atoms. The van der Waals surface area contributed by atoms with Gasteiger partial charge in [-0.05, 0) is 42.2 Å². The Bertz CT molecular complexity index is 836. The fraction of sp³-hybridized carbons (Fsp3) is 0.409. The van der Waals surface area contributed by atoms with Crippen LogP contribution in [0.5, 0.6) is 11.5 Å². The third-order valence-electron chi connectivity index (χ3n) is 5.42. The van der Waals surface area contributed by atoms with Crippen molar-refractivity contribution in [1.29, 1.82) is 0 Å². The van der Waals surface area contributed by atoms with E-state index >= 15 is 0 Å². The van der Waals surface area contributed by atoms with Crippen molar-refractivity contribution in [3.8, 4) is 11.5 Å². The molecule has 1 aliphatic rings. The van der Waals surface area contributed by atoms with Gasteiger partial charge in [-0.15, -0.1) is 0 Å². The normalized spacial score (nSPS) is 16.0. The minimum absolute atomic E-state index is 0.0591. The van der Waals surface area contributed by atoms with E-state index in [0.717, 1.165) is 12.0 Å². The van der Waals surface area contributed by atoms with Gasteiger partial charge in [0.15, 0.2) is 11.5 Å². The molecule has 5 nitrogen and oxygen atoms in total. The first-order chi connectivity index (χ1) is 13.5. The maximum atomic E-state index is 14.1. The standard InChI is InChI=1S/C22H27FN2O3/c1-4-18(15-9-10-19(27-2)20(11-15)28-3)25-21(26)22(13-24-14-22)12-16-7-5-6-8-17(16)23/h5-11,18,24H,4,12-14H2,1-3H3,(H,25,26). The summed E-state index contributed by atoms with van der Waals surface area (Å²) in [6.45, 7) is 3.09. The monoisotopic (exact) mass is 386 g/mol. The molecule has 2 N–H and O–H groups in total. The van der Waals surface area contributed by atoms with E-state index in [4.69, 9.17) is 9.47 Å². The second-order valence-electron chi connectivity index (χ2n) is 7.20. The van der Waals surface area contributed by atoms with Crippen molar-refractivity contribution in [2.75, 3.05) is 27.3 Å². The molecule has 28 heavy (non-hydrogen) atoms. The molecule has 1 saturated heterocycles. The summed E-state index contributed by atoms with van der Waals surface area (Å²) in [6, 6.07) is 12.1. The fourth-order valence-electron chi connectivity index (χ4n) is 3.60. The van der Waals surface area contributed by atoms with Crippen LogP contribution in [-0.4, -0.2) is 33.2 Å². The molecule has 6 heteroatoms. The molecule has 1 aliphatic heterocycles. The Morgan fingerprint density at radius 3 is 2.46 bits per heavy atom. The van der Waals surface area contributed by atoms with Gasteiger partial charge in [0.1, 0.15) is 5.82 Å². The van der Waals surface area contributed by atoms with Crippen molar-refractivity contribution in [3.63, 3.8) is 0 Å². The average molecular weight is 386 g/mol. The zero-order valence-corrected chi connectivity index (χ0v) is 16.5. The maximum absolute atomic E-state index is 14.1. The van der Waals surface area contributed by atoms with Crippen molar-refractivity contribution >= 4 is 5.91 Å². The van der Waals surface area contributed by atoms with Crippen molar-refractivity contribution in [2.24, 2.45) is 5.41 Å². The molecular weight excluding hydrogens is 359 g/mol. The number of hydrogen-bond acceptors (Lipinski definition) is 4. The molecule has 0 bridgehead atoms. The van der Waals surface area contributed by atoms with E-state index in [1.165, 1.54) is 6.07 Å². The number of carbonyl (C=O) groups is 1. The van der Waals surface area contributed by atoms with Gasteiger partial charge in [0.05, 0.1) is 25.7 Å². The average Bonchev–Trinajstić information content (AvgIpc) is 2.69. The highest BCUT2D eigenvalue weighted by Gasteiger charge is 2.45. The van der Waals surface area contributed by atoms with Gasteiger partial charge in [-0.3, -0.25) is 4.79 Å². The van der Waals surface area contributed by atoms with Gasteiger partial charge in [0.25, 0.3) is 0 Å². The van der Waals surface area contributed by atoms with Gasteiger partial charge in [0, 0.05) is 13.1 Å². The summed E-state index contributed by atoms with van der Waals surface area (Å²) in [5.41, 5.74) is 0.881. The molecule has 1 atom stereocenters. The van der Waals surface area contributed by atoms with E-state index in [9.17, 15) is 9.18 Å². The molecule has 0 saturated carbocycles. The highest BCUT2D eigenvalue weighted by Crippen LogP contribution is 2.33. The second kappa shape index (κ2) is 8.61. The Labute approximate surface area is 165 Å². The third-order valence-corrected chi connectivity index (χ3v) is 5.42. The van der Waals surface area contributed by atoms with Crippen molar-refractivity contribution in [1.82, 2.24) is 10.6 Å². The van der Waals surface area contributed by atoms with Crippen LogP contribution in [0.3, 0.4) is 0 Å². The van der Waals surface area contributed by atoms with Gasteiger partial charge in [-0.25, -0.2) is 4.39 Å². The molecule has 3 rings (SSSR count). The number of hydrogen-bond donors (Lipinski definition) is 2. The number of rotatable bonds is 8. The Kier molecular flexibility index (Phi) is 6.19. The number of halogens is 1. The van der Waals surface area contributed by atoms with Crippen LogP contribution in [0.1, 0.15) is 30.5 Å². The van der Waals surface area contributed by atoms with Crippen LogP contribution in [0, 0.1) is 11.2 Å². The molecule has 1 heterocycles. The van der Waals surface area contributed by atoms with E-state index in [2.05, 4.69) is 10.6 Å². The van der Waals surface area contributed by atoms with Gasteiger partial charge < -0.3 is 20.1 Å². The molecule has 1 fully saturated rings. The molecule has 0 aromatic heterocycles. The summed E-state index contributed by atoms with van der Waals surface area (Å²) in [4.78, 5) is 13.2. The Balaban J connectivity index is 1.78. The maximum Gasteiger partial charge on any atom is 0.229 e. The summed E-state index contributed by atoms with van der Waals surface area (Å²) in [7, 11) is 3.18. The number of ether oxygens (including phenoxy) is 2. The lowest BCUT2D eigenvalue weighted by Gasteiger charge is -2.42. The summed E-state index contributed by atoms with van der Waals surface area (Å²) in [6.07, 6.45) is 1.10. The zero-order chi connectivity index (χ0) is 20.1. The first kappa shape index (κ1) is 20.1. The van der Waals surface area contributed by atoms with Gasteiger partial charge in [-0.1, -0.05) is 31.2 Å². The summed E-state index contributed by atoms with van der Waals surface area (Å²) in [5.74, 6) is 0.940. The van der Waals surface area contributed by atoms with Crippen molar-refractivity contribution in [2.45, 2.75) is 25.8 Å². The first-order valence-corrected chi connectivity index (χ1v) is 9.50. The molecular formula is C22H27FN2O3.